The van der Waals surface area contributed by atoms with Crippen LogP contribution in [0.25, 0.3) is 0 Å². The quantitative estimate of drug-likeness (QED) is 0.629. The highest BCUT2D eigenvalue weighted by Crippen LogP contribution is 2.71. The highest BCUT2D eigenvalue weighted by atomic mass is 19.4. The van der Waals surface area contributed by atoms with E-state index in [0.717, 1.165) is 25.4 Å². The van der Waals surface area contributed by atoms with E-state index in [2.05, 4.69) is 10.3 Å². The van der Waals surface area contributed by atoms with Gasteiger partial charge in [-0.3, -0.25) is 9.59 Å². The summed E-state index contributed by atoms with van der Waals surface area (Å²) in [5.74, 6) is -6.29. The van der Waals surface area contributed by atoms with Gasteiger partial charge >= 0.3 is 6.18 Å². The number of fused-ring (bicyclic) bond motifs is 1. The second kappa shape index (κ2) is 7.90. The molecule has 4 rings (SSSR count). The van der Waals surface area contributed by atoms with Gasteiger partial charge in [0.05, 0.1) is 19.0 Å². The first-order valence-corrected chi connectivity index (χ1v) is 10.2. The molecule has 2 heterocycles. The molecule has 1 saturated heterocycles. The van der Waals surface area contributed by atoms with E-state index in [1.807, 2.05) is 0 Å². The van der Waals surface area contributed by atoms with Crippen molar-refractivity contribution in [2.45, 2.75) is 43.6 Å². The fourth-order valence-corrected chi connectivity index (χ4v) is 5.04. The molecule has 4 atom stereocenters. The fraction of sp³-hybridized carbons (Fsp3) is 0.409. The second-order valence-electron chi connectivity index (χ2n) is 8.53. The molecule has 7 nitrogen and oxygen atoms in total. The molecule has 2 aliphatic rings. The van der Waals surface area contributed by atoms with E-state index in [1.54, 1.807) is 0 Å². The number of primary amides is 1. The third-order valence-electron chi connectivity index (χ3n) is 6.86. The highest BCUT2D eigenvalue weighted by Gasteiger charge is 2.80. The average Bonchev–Trinajstić information content (AvgIpc) is 2.94. The van der Waals surface area contributed by atoms with Crippen molar-refractivity contribution in [3.8, 4) is 5.75 Å². The third-order valence-corrected chi connectivity index (χ3v) is 6.86. The van der Waals surface area contributed by atoms with Crippen molar-refractivity contribution in [2.24, 2.45) is 11.1 Å². The molecule has 2 aromatic rings. The van der Waals surface area contributed by atoms with Crippen LogP contribution in [0.4, 0.5) is 27.6 Å². The molecule has 2 fully saturated rings. The Kier molecular flexibility index (Phi) is 5.54. The zero-order chi connectivity index (χ0) is 25.1. The minimum Gasteiger partial charge on any atom is -0.493 e. The summed E-state index contributed by atoms with van der Waals surface area (Å²) >= 11 is 0. The lowest BCUT2D eigenvalue weighted by molar-refractivity contribution is -0.328. The van der Waals surface area contributed by atoms with Gasteiger partial charge in [-0.25, -0.2) is 9.37 Å². The Bertz CT molecular complexity index is 1160. The summed E-state index contributed by atoms with van der Waals surface area (Å²) in [6, 6.07) is 4.39. The topological polar surface area (TPSA) is 104 Å². The van der Waals surface area contributed by atoms with Crippen LogP contribution in [0, 0.1) is 17.0 Å². The molecule has 1 aromatic heterocycles. The Morgan fingerprint density at radius 2 is 1.91 bits per heavy atom. The Morgan fingerprint density at radius 3 is 2.41 bits per heavy atom. The van der Waals surface area contributed by atoms with Gasteiger partial charge < -0.3 is 20.5 Å². The van der Waals surface area contributed by atoms with E-state index in [0.29, 0.717) is 0 Å². The first kappa shape index (κ1) is 23.9. The van der Waals surface area contributed by atoms with Crippen molar-refractivity contribution in [3.05, 3.63) is 53.4 Å². The molecule has 3 N–H and O–H groups in total. The van der Waals surface area contributed by atoms with Crippen LogP contribution in [-0.2, 0) is 9.53 Å². The lowest BCUT2D eigenvalue weighted by Crippen LogP contribution is -2.63. The number of hydrogen-bond acceptors (Lipinski definition) is 5. The largest absolute Gasteiger partial charge is 0.493 e. The van der Waals surface area contributed by atoms with Crippen molar-refractivity contribution in [1.82, 2.24) is 4.98 Å². The van der Waals surface area contributed by atoms with Crippen LogP contribution >= 0.6 is 0 Å². The molecule has 1 saturated carbocycles. The zero-order valence-corrected chi connectivity index (χ0v) is 18.0. The van der Waals surface area contributed by atoms with Crippen molar-refractivity contribution >= 4 is 17.5 Å². The summed E-state index contributed by atoms with van der Waals surface area (Å²) in [7, 11) is 1.05. The molecule has 182 valence electrons. The van der Waals surface area contributed by atoms with E-state index in [4.69, 9.17) is 15.2 Å². The van der Waals surface area contributed by atoms with Gasteiger partial charge in [0, 0.05) is 16.9 Å². The molecule has 0 spiro atoms. The molecule has 34 heavy (non-hydrogen) atoms. The van der Waals surface area contributed by atoms with E-state index < -0.39 is 64.8 Å². The molecule has 1 aromatic carbocycles. The normalized spacial score (nSPS) is 28.1. The predicted molar refractivity (Wildman–Crippen MR) is 108 cm³/mol. The van der Waals surface area contributed by atoms with Gasteiger partial charge in [-0.1, -0.05) is 13.0 Å². The number of hydrogen-bond donors (Lipinski definition) is 2. The summed E-state index contributed by atoms with van der Waals surface area (Å²) < 4.78 is 81.4. The maximum Gasteiger partial charge on any atom is 0.418 e. The van der Waals surface area contributed by atoms with Gasteiger partial charge in [0.2, 0.25) is 5.82 Å². The summed E-state index contributed by atoms with van der Waals surface area (Å²) in [6.45, 7) is 1.31. The fourth-order valence-electron chi connectivity index (χ4n) is 5.04. The number of ether oxygens (including phenoxy) is 2. The number of pyridine rings is 1. The van der Waals surface area contributed by atoms with Crippen LogP contribution in [0.2, 0.25) is 0 Å². The van der Waals surface area contributed by atoms with Gasteiger partial charge in [0.25, 0.3) is 11.8 Å². The lowest BCUT2D eigenvalue weighted by Gasteiger charge is -2.54. The van der Waals surface area contributed by atoms with E-state index in [-0.39, 0.29) is 23.4 Å². The molecular weight excluding hydrogens is 465 g/mol. The van der Waals surface area contributed by atoms with Crippen LogP contribution in [0.5, 0.6) is 5.75 Å². The van der Waals surface area contributed by atoms with Crippen LogP contribution in [0.3, 0.4) is 0 Å². The predicted octanol–water partition coefficient (Wildman–Crippen LogP) is 3.69. The number of carbonyl (C=O) groups excluding carboxylic acids is 2. The summed E-state index contributed by atoms with van der Waals surface area (Å²) in [4.78, 5) is 28.1. The summed E-state index contributed by atoms with van der Waals surface area (Å²) in [6.07, 6.45) is -5.81. The molecule has 1 aliphatic heterocycles. The monoisotopic (exact) mass is 485 g/mol. The number of alkyl halides is 3. The van der Waals surface area contributed by atoms with Gasteiger partial charge in [-0.05, 0) is 31.0 Å². The maximum atomic E-state index is 14.5. The van der Waals surface area contributed by atoms with Crippen LogP contribution in [-0.4, -0.2) is 41.8 Å². The number of nitrogens with one attached hydrogen (secondary N) is 1. The highest BCUT2D eigenvalue weighted by molar-refractivity contribution is 5.96. The molecule has 0 unspecified atom stereocenters. The number of rotatable bonds is 5. The number of benzene rings is 1. The van der Waals surface area contributed by atoms with Gasteiger partial charge in [0.15, 0.2) is 17.2 Å². The minimum atomic E-state index is -4.83. The number of methoxy groups -OCH3 is 1. The van der Waals surface area contributed by atoms with Gasteiger partial charge in [0.1, 0.15) is 11.8 Å². The number of nitrogens with zero attached hydrogens (tertiary/aromatic N) is 1. The van der Waals surface area contributed by atoms with E-state index in [9.17, 15) is 31.5 Å². The third kappa shape index (κ3) is 3.30. The molecule has 0 bridgehead atoms. The van der Waals surface area contributed by atoms with Gasteiger partial charge in [-0.15, -0.1) is 0 Å². The van der Waals surface area contributed by atoms with Gasteiger partial charge in [-0.2, -0.15) is 17.6 Å². The van der Waals surface area contributed by atoms with Crippen molar-refractivity contribution in [3.63, 3.8) is 0 Å². The maximum absolute atomic E-state index is 14.5. The molecule has 0 radical (unpaired) electrons. The summed E-state index contributed by atoms with van der Waals surface area (Å²) in [5.41, 5.74) is 0.684. The van der Waals surface area contributed by atoms with Crippen LogP contribution in [0.15, 0.2) is 30.5 Å². The SMILES string of the molecule is COc1c([C@H]2[C@H](C(=O)Nc3ccc(C(N)=O)nc3)O[C@@]3(C(F)(F)F)CC[C@@]23C)ccc(F)c1F. The number of nitrogens with two attached hydrogens (primary N) is 1. The molecule has 2 amide bonds. The minimum absolute atomic E-state index is 0.0258. The van der Waals surface area contributed by atoms with Crippen LogP contribution < -0.4 is 15.8 Å². The van der Waals surface area contributed by atoms with Crippen molar-refractivity contribution in [1.29, 1.82) is 0 Å². The van der Waals surface area contributed by atoms with Crippen molar-refractivity contribution in [2.75, 3.05) is 12.4 Å². The number of amides is 2. The average molecular weight is 485 g/mol. The Labute approximate surface area is 190 Å². The van der Waals surface area contributed by atoms with Crippen molar-refractivity contribution < 1.29 is 41.0 Å². The Balaban J connectivity index is 1.78. The lowest BCUT2D eigenvalue weighted by atomic mass is 9.51. The first-order chi connectivity index (χ1) is 15.9. The Hall–Kier alpha value is -3.28. The molecule has 12 heteroatoms. The zero-order valence-electron chi connectivity index (χ0n) is 18.0. The summed E-state index contributed by atoms with van der Waals surface area (Å²) in [5, 5.41) is 2.41. The molecule has 1 aliphatic carbocycles. The van der Waals surface area contributed by atoms with E-state index in [1.165, 1.54) is 19.1 Å². The number of carbonyl (C=O) groups is 2. The molecular formula is C22H20F5N3O4. The number of halogens is 5. The van der Waals surface area contributed by atoms with E-state index >= 15 is 0 Å². The second-order valence-corrected chi connectivity index (χ2v) is 8.53. The van der Waals surface area contributed by atoms with Crippen LogP contribution in [0.1, 0.15) is 41.7 Å². The first-order valence-electron chi connectivity index (χ1n) is 10.2. The smallest absolute Gasteiger partial charge is 0.418 e. The number of anilines is 1. The standard InChI is InChI=1S/C22H20F5N3O4/c1-20-7-8-21(20,22(25,26)27)34-17(14(20)11-4-5-12(23)15(24)16(11)33-2)19(32)30-10-3-6-13(18(28)31)29-9-10/h3-6,9,14,17H,7-8H2,1-2H3,(H2,28,31)(H,30,32)/t14-,17+,20-,21-/m0/s1. The number of aromatic nitrogens is 1. The Morgan fingerprint density at radius 1 is 1.21 bits per heavy atom.